The number of hydrogen-bond donors (Lipinski definition) is 14. The van der Waals surface area contributed by atoms with Crippen molar-refractivity contribution in [1.82, 2.24) is 47.4 Å². The van der Waals surface area contributed by atoms with Crippen molar-refractivity contribution in [2.24, 2.45) is 40.9 Å². The number of carbonyl (C=O) groups is 13. The summed E-state index contributed by atoms with van der Waals surface area (Å²) in [6, 6.07) is -13.8. The summed E-state index contributed by atoms with van der Waals surface area (Å²) >= 11 is 1.31. The van der Waals surface area contributed by atoms with Crippen LogP contribution in [0.15, 0.2) is 0 Å². The number of carbonyl (C=O) groups excluding carboxylic acids is 10. The lowest BCUT2D eigenvalue weighted by molar-refractivity contribution is -0.143. The van der Waals surface area contributed by atoms with Crippen LogP contribution in [0.1, 0.15) is 145 Å². The van der Waals surface area contributed by atoms with Crippen molar-refractivity contribution in [1.29, 1.82) is 0 Å². The average molecular weight is 1190 g/mol. The third-order valence-electron chi connectivity index (χ3n) is 13.5. The highest BCUT2D eigenvalue weighted by Crippen LogP contribution is 2.22. The quantitative estimate of drug-likeness (QED) is 0.0312. The number of nitrogens with zero attached hydrogens (tertiary/aromatic N) is 1. The van der Waals surface area contributed by atoms with Crippen LogP contribution in [0.5, 0.6) is 0 Å². The van der Waals surface area contributed by atoms with E-state index in [1.165, 1.54) is 16.7 Å². The Bertz CT molecular complexity index is 2200. The van der Waals surface area contributed by atoms with Gasteiger partial charge in [-0.3, -0.25) is 57.5 Å². The van der Waals surface area contributed by atoms with Crippen LogP contribution in [0.25, 0.3) is 0 Å². The van der Waals surface area contributed by atoms with Gasteiger partial charge in [-0.2, -0.15) is 11.8 Å². The lowest BCUT2D eigenvalue weighted by Crippen LogP contribution is -2.61. The number of nitrogens with two attached hydrogens (primary N) is 3. The van der Waals surface area contributed by atoms with Crippen LogP contribution < -0.4 is 59.7 Å². The molecule has 11 atom stereocenters. The molecule has 29 heteroatoms. The molecule has 0 bridgehead atoms. The van der Waals surface area contributed by atoms with Crippen molar-refractivity contribution in [3.63, 3.8) is 0 Å². The van der Waals surface area contributed by atoms with Gasteiger partial charge in [0.15, 0.2) is 0 Å². The molecule has 1 fully saturated rings. The number of carboxylic acids is 3. The third-order valence-corrected chi connectivity index (χ3v) is 14.1. The number of primary amides is 1. The van der Waals surface area contributed by atoms with Gasteiger partial charge < -0.3 is 80.0 Å². The molecule has 0 saturated carbocycles. The van der Waals surface area contributed by atoms with Crippen LogP contribution in [0.4, 0.5) is 0 Å². The van der Waals surface area contributed by atoms with E-state index in [4.69, 9.17) is 22.3 Å². The van der Waals surface area contributed by atoms with Crippen molar-refractivity contribution in [3.05, 3.63) is 0 Å². The summed E-state index contributed by atoms with van der Waals surface area (Å²) in [6.07, 6.45) is 1.02. The number of carboxylic acid groups (broad SMARTS) is 3. The molecule has 17 N–H and O–H groups in total. The van der Waals surface area contributed by atoms with E-state index in [1.807, 2.05) is 13.8 Å². The highest BCUT2D eigenvalue weighted by Gasteiger charge is 2.41. The molecule has 1 aliphatic heterocycles. The van der Waals surface area contributed by atoms with Gasteiger partial charge in [0.1, 0.15) is 54.4 Å². The second-order valence-corrected chi connectivity index (χ2v) is 23.1. The second-order valence-electron chi connectivity index (χ2n) is 22.1. The van der Waals surface area contributed by atoms with Crippen molar-refractivity contribution < 1.29 is 77.6 Å². The van der Waals surface area contributed by atoms with E-state index in [0.29, 0.717) is 31.6 Å². The predicted octanol–water partition coefficient (Wildman–Crippen LogP) is -1.45. The highest BCUT2D eigenvalue weighted by atomic mass is 32.2. The van der Waals surface area contributed by atoms with E-state index in [1.54, 1.807) is 47.8 Å². The molecule has 0 aromatic heterocycles. The van der Waals surface area contributed by atoms with E-state index in [2.05, 4.69) is 42.5 Å². The zero-order valence-electron chi connectivity index (χ0n) is 48.8. The Kier molecular flexibility index (Phi) is 33.5. The molecule has 1 aliphatic rings. The van der Waals surface area contributed by atoms with E-state index < -0.39 is 169 Å². The Morgan fingerprint density at radius 2 is 1.04 bits per heavy atom. The Hall–Kier alpha value is -6.62. The largest absolute Gasteiger partial charge is 0.481 e. The molecule has 0 unspecified atom stereocenters. The number of amides is 10. The van der Waals surface area contributed by atoms with Crippen LogP contribution in [0.3, 0.4) is 0 Å². The van der Waals surface area contributed by atoms with Crippen molar-refractivity contribution in [2.75, 3.05) is 25.1 Å². The van der Waals surface area contributed by atoms with Gasteiger partial charge >= 0.3 is 17.9 Å². The standard InChI is InChI=1S/C53H92N12O16S/c1-10-30(8)43(51(78)58-32(16-17-41(67)68)45(72)61-37(26-40(56)66)48(75)57-33(18-21-82-9)46(73)59-34(53(80)81)14-11-12-19-54)64-49(76)36(23-28(4)5)60-47(74)35(22-27(2)3)62-50(77)39-15-13-20-65(39)52(79)38(24-29(6)7)63-44(71)31(55)25-42(69)70/h27-39,43H,10-26,54-55H2,1-9H3,(H2,56,66)(H,57,75)(H,58,78)(H,59,73)(H,60,74)(H,61,72)(H,62,77)(H,63,71)(H,64,76)(H,67,68)(H,69,70)(H,80,81)/t30-,31-,32-,33-,34-,35-,36-,37-,38-,39-,43-/m0/s1. The maximum absolute atomic E-state index is 14.4. The predicted molar refractivity (Wildman–Crippen MR) is 302 cm³/mol. The van der Waals surface area contributed by atoms with Crippen LogP contribution in [-0.4, -0.2) is 183 Å². The molecule has 1 heterocycles. The molecule has 0 aromatic carbocycles. The normalized spacial score (nSPS) is 16.9. The highest BCUT2D eigenvalue weighted by molar-refractivity contribution is 7.98. The number of thioether (sulfide) groups is 1. The summed E-state index contributed by atoms with van der Waals surface area (Å²) in [5, 5.41) is 48.9. The number of rotatable bonds is 40. The molecule has 82 heavy (non-hydrogen) atoms. The van der Waals surface area contributed by atoms with Gasteiger partial charge in [0.25, 0.3) is 0 Å². The molecular weight excluding hydrogens is 1090 g/mol. The molecule has 0 spiro atoms. The van der Waals surface area contributed by atoms with Crippen LogP contribution in [0, 0.1) is 23.7 Å². The number of aliphatic carboxylic acids is 3. The molecule has 0 radical (unpaired) electrons. The number of unbranched alkanes of at least 4 members (excludes halogenated alkanes) is 1. The Morgan fingerprint density at radius 1 is 0.561 bits per heavy atom. The van der Waals surface area contributed by atoms with Gasteiger partial charge in [0.2, 0.25) is 59.1 Å². The van der Waals surface area contributed by atoms with Crippen LogP contribution in [-0.2, 0) is 62.3 Å². The molecule has 28 nitrogen and oxygen atoms in total. The number of hydrogen-bond acceptors (Lipinski definition) is 16. The monoisotopic (exact) mass is 1180 g/mol. The number of nitrogens with one attached hydrogen (secondary N) is 8. The zero-order valence-corrected chi connectivity index (χ0v) is 49.7. The summed E-state index contributed by atoms with van der Waals surface area (Å²) in [6.45, 7) is 14.5. The fourth-order valence-electron chi connectivity index (χ4n) is 8.94. The lowest BCUT2D eigenvalue weighted by atomic mass is 9.95. The van der Waals surface area contributed by atoms with Gasteiger partial charge in [-0.05, 0) is 106 Å². The van der Waals surface area contributed by atoms with Crippen LogP contribution >= 0.6 is 11.8 Å². The molecule has 466 valence electrons. The molecule has 0 aliphatic carbocycles. The van der Waals surface area contributed by atoms with Crippen molar-refractivity contribution >= 4 is 88.7 Å². The van der Waals surface area contributed by atoms with Crippen molar-refractivity contribution in [3.8, 4) is 0 Å². The third kappa shape index (κ3) is 27.0. The van der Waals surface area contributed by atoms with Crippen LogP contribution in [0.2, 0.25) is 0 Å². The average Bonchev–Trinajstić information content (AvgIpc) is 3.95. The fraction of sp³-hybridized carbons (Fsp3) is 0.755. The van der Waals surface area contributed by atoms with E-state index >= 15 is 0 Å². The molecule has 1 saturated heterocycles. The molecular formula is C53H92N12O16S. The first kappa shape index (κ1) is 73.4. The Labute approximate surface area is 483 Å². The lowest BCUT2D eigenvalue weighted by Gasteiger charge is -2.32. The zero-order chi connectivity index (χ0) is 62.6. The number of likely N-dealkylation sites (tertiary alicyclic amines) is 1. The molecule has 0 aromatic rings. The summed E-state index contributed by atoms with van der Waals surface area (Å²) in [5.41, 5.74) is 16.8. The smallest absolute Gasteiger partial charge is 0.326 e. The summed E-state index contributed by atoms with van der Waals surface area (Å²) in [7, 11) is 0. The van der Waals surface area contributed by atoms with Gasteiger partial charge in [-0.15, -0.1) is 0 Å². The summed E-state index contributed by atoms with van der Waals surface area (Å²) in [4.78, 5) is 174. The Morgan fingerprint density at radius 3 is 1.55 bits per heavy atom. The van der Waals surface area contributed by atoms with Gasteiger partial charge in [0, 0.05) is 13.0 Å². The molecule has 10 amide bonds. The Balaban J connectivity index is 3.50. The first-order valence-electron chi connectivity index (χ1n) is 28.0. The van der Waals surface area contributed by atoms with E-state index in [9.17, 15) is 72.5 Å². The topological polar surface area (TPSA) is 460 Å². The van der Waals surface area contributed by atoms with Gasteiger partial charge in [-0.25, -0.2) is 4.79 Å². The molecule has 1 rings (SSSR count). The maximum Gasteiger partial charge on any atom is 0.326 e. The van der Waals surface area contributed by atoms with Gasteiger partial charge in [-0.1, -0.05) is 61.8 Å². The first-order chi connectivity index (χ1) is 38.4. The van der Waals surface area contributed by atoms with E-state index in [0.717, 1.165) is 0 Å². The minimum atomic E-state index is -1.78. The SMILES string of the molecule is CC[C@H](C)[C@H](NC(=O)[C@H](CC(C)C)NC(=O)[C@H](CC(C)C)NC(=O)[C@@H]1CCCN1C(=O)[C@H](CC(C)C)NC(=O)[C@@H](N)CC(=O)O)C(=O)N[C@@H](CCC(=O)O)C(=O)N[C@@H](CC(N)=O)C(=O)N[C@@H](CCSC)C(=O)N[C@@H](CCCCN)C(=O)O. The minimum absolute atomic E-state index is 0.00809. The summed E-state index contributed by atoms with van der Waals surface area (Å²) < 4.78 is 0. The maximum atomic E-state index is 14.4. The fourth-order valence-corrected chi connectivity index (χ4v) is 9.41. The summed E-state index contributed by atoms with van der Waals surface area (Å²) in [5.74, 6) is -13.8. The van der Waals surface area contributed by atoms with E-state index in [-0.39, 0.29) is 69.2 Å². The second kappa shape index (κ2) is 37.5. The van der Waals surface area contributed by atoms with Crippen molar-refractivity contribution in [2.45, 2.75) is 206 Å². The first-order valence-corrected chi connectivity index (χ1v) is 29.4. The minimum Gasteiger partial charge on any atom is -0.481 e. The van der Waals surface area contributed by atoms with Gasteiger partial charge in [0.05, 0.1) is 18.9 Å².